The maximum Gasteiger partial charge on any atom is 0.416 e. The van der Waals surface area contributed by atoms with Crippen molar-refractivity contribution in [3.63, 3.8) is 0 Å². The van der Waals surface area contributed by atoms with Crippen LogP contribution < -0.4 is 10.6 Å². The van der Waals surface area contributed by atoms with Crippen LogP contribution in [0.15, 0.2) is 36.4 Å². The third kappa shape index (κ3) is 4.69. The summed E-state index contributed by atoms with van der Waals surface area (Å²) in [5, 5.41) is 4.04. The largest absolute Gasteiger partial charge is 0.416 e. The quantitative estimate of drug-likeness (QED) is 0.361. The Hall–Kier alpha value is -3.77. The number of hydrogen-bond donors (Lipinski definition) is 2. The molecule has 0 bridgehead atoms. The lowest BCUT2D eigenvalue weighted by Gasteiger charge is -2.40. The molecular formula is C24H19BF5N3O4. The van der Waals surface area contributed by atoms with E-state index in [0.29, 0.717) is 17.7 Å². The lowest BCUT2D eigenvalue weighted by atomic mass is 9.70. The molecule has 1 saturated heterocycles. The number of nitrogens with zero attached hydrogens (tertiary/aromatic N) is 1. The van der Waals surface area contributed by atoms with E-state index in [1.165, 1.54) is 25.1 Å². The predicted octanol–water partition coefficient (Wildman–Crippen LogP) is 2.68. The van der Waals surface area contributed by atoms with Gasteiger partial charge in [0.2, 0.25) is 11.8 Å². The van der Waals surface area contributed by atoms with E-state index < -0.39 is 58.8 Å². The number of imide groups is 1. The van der Waals surface area contributed by atoms with Crippen LogP contribution in [0.25, 0.3) is 0 Å². The number of carbonyl (C=O) groups excluding carboxylic acids is 4. The Morgan fingerprint density at radius 2 is 1.78 bits per heavy atom. The molecule has 2 aromatic carbocycles. The zero-order chi connectivity index (χ0) is 27.3. The van der Waals surface area contributed by atoms with Gasteiger partial charge >= 0.3 is 12.1 Å². The molecule has 2 aromatic rings. The van der Waals surface area contributed by atoms with Gasteiger partial charge in [0, 0.05) is 30.6 Å². The highest BCUT2D eigenvalue weighted by Gasteiger charge is 2.49. The molecule has 2 radical (unpaired) electrons. The molecule has 0 aromatic heterocycles. The van der Waals surface area contributed by atoms with Gasteiger partial charge in [0.25, 0.3) is 11.8 Å². The number of rotatable bonds is 5. The Morgan fingerprint density at radius 1 is 1.08 bits per heavy atom. The van der Waals surface area contributed by atoms with Gasteiger partial charge in [0.15, 0.2) is 0 Å². The lowest BCUT2D eigenvalue weighted by molar-refractivity contribution is -0.153. The number of carbonyl (C=O) groups is 4. The first-order valence-electron chi connectivity index (χ1n) is 11.1. The molecule has 0 unspecified atom stereocenters. The molecule has 7 nitrogen and oxygen atoms in total. The number of nitrogens with one attached hydrogen (secondary N) is 2. The maximum absolute atomic E-state index is 14.8. The zero-order valence-corrected chi connectivity index (χ0v) is 19.3. The van der Waals surface area contributed by atoms with E-state index in [1.807, 2.05) is 5.32 Å². The van der Waals surface area contributed by atoms with Crippen molar-refractivity contribution in [2.24, 2.45) is 0 Å². The lowest BCUT2D eigenvalue weighted by Crippen LogP contribution is -2.63. The van der Waals surface area contributed by atoms with E-state index in [0.717, 1.165) is 11.0 Å². The smallest absolute Gasteiger partial charge is 0.346 e. The van der Waals surface area contributed by atoms with E-state index in [1.54, 1.807) is 0 Å². The topological polar surface area (TPSA) is 95.6 Å². The number of benzene rings is 2. The molecule has 1 atom stereocenters. The van der Waals surface area contributed by atoms with Crippen molar-refractivity contribution in [2.75, 3.05) is 0 Å². The molecule has 192 valence electrons. The van der Waals surface area contributed by atoms with Gasteiger partial charge in [0.05, 0.1) is 11.0 Å². The second-order valence-electron chi connectivity index (χ2n) is 8.99. The molecule has 0 saturated carbocycles. The van der Waals surface area contributed by atoms with Crippen molar-refractivity contribution in [1.82, 2.24) is 15.5 Å². The van der Waals surface area contributed by atoms with Crippen LogP contribution >= 0.6 is 0 Å². The van der Waals surface area contributed by atoms with Gasteiger partial charge in [-0.25, -0.2) is 0 Å². The minimum Gasteiger partial charge on any atom is -0.346 e. The van der Waals surface area contributed by atoms with Gasteiger partial charge in [-0.2, -0.15) is 22.0 Å². The Morgan fingerprint density at radius 3 is 2.43 bits per heavy atom. The van der Waals surface area contributed by atoms with Crippen molar-refractivity contribution in [2.45, 2.75) is 50.4 Å². The monoisotopic (exact) mass is 519 g/mol. The summed E-state index contributed by atoms with van der Waals surface area (Å²) in [6.45, 7) is 0.734. The van der Waals surface area contributed by atoms with E-state index in [9.17, 15) is 41.1 Å². The summed E-state index contributed by atoms with van der Waals surface area (Å²) in [4.78, 5) is 50.0. The van der Waals surface area contributed by atoms with E-state index >= 15 is 0 Å². The third-order valence-electron chi connectivity index (χ3n) is 6.39. The fourth-order valence-corrected chi connectivity index (χ4v) is 4.36. The standard InChI is InChI=1S/C24H19BF5N3O4/c1-12-2-5-16(17(8-12)24(28,29)30)23(26,27)21(37)31-10-13-3-4-15-14(9-13)11-33(19(15)35)22(25)7-6-18(34)32-20(22)36/h2-5,8-9H,6-7,10-11H2,1H3,(H,31,37)(H,32,34,36)/t22-/m0/s1. The van der Waals surface area contributed by atoms with Gasteiger partial charge in [-0.1, -0.05) is 29.8 Å². The second-order valence-corrected chi connectivity index (χ2v) is 8.99. The summed E-state index contributed by atoms with van der Waals surface area (Å²) < 4.78 is 69.5. The Kier molecular flexibility index (Phi) is 6.37. The van der Waals surface area contributed by atoms with E-state index in [2.05, 4.69) is 5.32 Å². The zero-order valence-electron chi connectivity index (χ0n) is 19.3. The van der Waals surface area contributed by atoms with Gasteiger partial charge in [-0.15, -0.1) is 0 Å². The van der Waals surface area contributed by atoms with Crippen molar-refractivity contribution in [3.05, 3.63) is 69.8 Å². The first-order valence-corrected chi connectivity index (χ1v) is 11.1. The fourth-order valence-electron chi connectivity index (χ4n) is 4.36. The Labute approximate surface area is 208 Å². The van der Waals surface area contributed by atoms with Crippen LogP contribution in [0.4, 0.5) is 22.0 Å². The highest BCUT2D eigenvalue weighted by molar-refractivity contribution is 6.32. The van der Waals surface area contributed by atoms with Crippen molar-refractivity contribution >= 4 is 31.5 Å². The molecule has 0 aliphatic carbocycles. The number of fused-ring (bicyclic) bond motifs is 1. The number of hydrogen-bond acceptors (Lipinski definition) is 4. The van der Waals surface area contributed by atoms with Crippen LogP contribution in [0, 0.1) is 6.92 Å². The molecule has 13 heteroatoms. The van der Waals surface area contributed by atoms with Crippen LogP contribution in [-0.4, -0.2) is 41.8 Å². The van der Waals surface area contributed by atoms with Crippen LogP contribution in [0.5, 0.6) is 0 Å². The molecular weight excluding hydrogens is 500 g/mol. The van der Waals surface area contributed by atoms with Gasteiger partial charge < -0.3 is 10.2 Å². The molecule has 2 heterocycles. The molecule has 2 N–H and O–H groups in total. The minimum absolute atomic E-state index is 0.0646. The first-order chi connectivity index (χ1) is 17.1. The fraction of sp³-hybridized carbons (Fsp3) is 0.333. The number of aryl methyl sites for hydroxylation is 1. The summed E-state index contributed by atoms with van der Waals surface area (Å²) >= 11 is 0. The van der Waals surface area contributed by atoms with E-state index in [-0.39, 0.29) is 36.1 Å². The first kappa shape index (κ1) is 26.3. The summed E-state index contributed by atoms with van der Waals surface area (Å²) in [5.41, 5.74) is -3.84. The average molecular weight is 519 g/mol. The van der Waals surface area contributed by atoms with Crippen molar-refractivity contribution < 1.29 is 41.1 Å². The van der Waals surface area contributed by atoms with Gasteiger partial charge in [-0.3, -0.25) is 24.5 Å². The number of piperidine rings is 1. The number of amides is 4. The summed E-state index contributed by atoms with van der Waals surface area (Å²) in [7, 11) is 6.15. The molecule has 1 fully saturated rings. The predicted molar refractivity (Wildman–Crippen MR) is 119 cm³/mol. The highest BCUT2D eigenvalue weighted by atomic mass is 19.4. The van der Waals surface area contributed by atoms with Crippen molar-refractivity contribution in [3.8, 4) is 0 Å². The molecule has 2 aliphatic rings. The molecule has 2 aliphatic heterocycles. The summed E-state index contributed by atoms with van der Waals surface area (Å²) in [5.74, 6) is -8.31. The SMILES string of the molecule is [B][C@]1(N2Cc3cc(CNC(=O)C(F)(F)c4ccc(C)cc4C(F)(F)F)ccc3C2=O)CCC(=O)NC1=O. The van der Waals surface area contributed by atoms with Crippen LogP contribution in [0.1, 0.15) is 51.0 Å². The molecule has 4 amide bonds. The molecule has 37 heavy (non-hydrogen) atoms. The maximum atomic E-state index is 14.8. The van der Waals surface area contributed by atoms with Crippen molar-refractivity contribution in [1.29, 1.82) is 0 Å². The average Bonchev–Trinajstić information content (AvgIpc) is 3.15. The summed E-state index contributed by atoms with van der Waals surface area (Å²) in [6.07, 6.45) is -5.24. The highest BCUT2D eigenvalue weighted by Crippen LogP contribution is 2.40. The van der Waals surface area contributed by atoms with Crippen LogP contribution in [-0.2, 0) is 39.6 Å². The second kappa shape index (κ2) is 8.96. The van der Waals surface area contributed by atoms with Crippen LogP contribution in [0.2, 0.25) is 0 Å². The Balaban J connectivity index is 1.50. The minimum atomic E-state index is -5.09. The summed E-state index contributed by atoms with van der Waals surface area (Å²) in [6, 6.07) is 6.36. The number of halogens is 5. The van der Waals surface area contributed by atoms with Gasteiger partial charge in [0.1, 0.15) is 7.85 Å². The Bertz CT molecular complexity index is 1330. The van der Waals surface area contributed by atoms with Gasteiger partial charge in [-0.05, 0) is 36.6 Å². The molecule has 0 spiro atoms. The normalized spacial score (nSPS) is 20.1. The van der Waals surface area contributed by atoms with E-state index in [4.69, 9.17) is 7.85 Å². The van der Waals surface area contributed by atoms with Crippen LogP contribution in [0.3, 0.4) is 0 Å². The third-order valence-corrected chi connectivity index (χ3v) is 6.39. The molecule has 4 rings (SSSR count). The number of alkyl halides is 5.